The predicted molar refractivity (Wildman–Crippen MR) is 75.3 cm³/mol. The van der Waals surface area contributed by atoms with Crippen molar-refractivity contribution in [3.63, 3.8) is 0 Å². The third kappa shape index (κ3) is 2.89. The highest BCUT2D eigenvalue weighted by molar-refractivity contribution is 6.42. The summed E-state index contributed by atoms with van der Waals surface area (Å²) in [6.07, 6.45) is 0. The zero-order valence-corrected chi connectivity index (χ0v) is 12.1. The Bertz CT molecular complexity index is 599. The molecular formula is C13H10Cl3NO. The van der Waals surface area contributed by atoms with Gasteiger partial charge in [0, 0.05) is 0 Å². The van der Waals surface area contributed by atoms with Crippen LogP contribution >= 0.6 is 34.8 Å². The molecule has 2 rings (SSSR count). The topological polar surface area (TPSA) is 22.1 Å². The summed E-state index contributed by atoms with van der Waals surface area (Å²) in [6.45, 7) is 3.93. The van der Waals surface area contributed by atoms with Crippen LogP contribution in [-0.2, 0) is 0 Å². The maximum Gasteiger partial charge on any atom is 0.239 e. The Hall–Kier alpha value is -0.960. The molecule has 5 heteroatoms. The van der Waals surface area contributed by atoms with Crippen molar-refractivity contribution in [2.75, 3.05) is 0 Å². The summed E-state index contributed by atoms with van der Waals surface area (Å²) in [6, 6.07) is 7.40. The molecule has 18 heavy (non-hydrogen) atoms. The molecule has 2 aromatic rings. The van der Waals surface area contributed by atoms with E-state index in [1.54, 1.807) is 0 Å². The minimum atomic E-state index is 0.168. The van der Waals surface area contributed by atoms with E-state index in [-0.39, 0.29) is 11.0 Å². The molecule has 0 aliphatic carbocycles. The zero-order valence-electron chi connectivity index (χ0n) is 9.80. The van der Waals surface area contributed by atoms with E-state index in [0.717, 1.165) is 11.1 Å². The lowest BCUT2D eigenvalue weighted by Gasteiger charge is -2.10. The Morgan fingerprint density at radius 2 is 1.72 bits per heavy atom. The lowest BCUT2D eigenvalue weighted by molar-refractivity contribution is 0.459. The molecule has 0 amide bonds. The van der Waals surface area contributed by atoms with Crippen LogP contribution in [-0.4, -0.2) is 4.98 Å². The van der Waals surface area contributed by atoms with Gasteiger partial charge in [-0.25, -0.2) is 0 Å². The lowest BCUT2D eigenvalue weighted by atomic mass is 10.1. The van der Waals surface area contributed by atoms with E-state index >= 15 is 0 Å². The molecule has 0 radical (unpaired) electrons. The van der Waals surface area contributed by atoms with Crippen LogP contribution in [0.15, 0.2) is 24.3 Å². The van der Waals surface area contributed by atoms with Crippen LogP contribution in [0.4, 0.5) is 0 Å². The van der Waals surface area contributed by atoms with Crippen molar-refractivity contribution in [3.05, 3.63) is 50.6 Å². The molecule has 2 nitrogen and oxygen atoms in total. The quantitative estimate of drug-likeness (QED) is 0.688. The molecule has 0 atom stereocenters. The van der Waals surface area contributed by atoms with Crippen LogP contribution < -0.4 is 4.74 Å². The van der Waals surface area contributed by atoms with Crippen LogP contribution in [0.5, 0.6) is 11.6 Å². The van der Waals surface area contributed by atoms with Crippen molar-refractivity contribution in [2.45, 2.75) is 13.8 Å². The van der Waals surface area contributed by atoms with Gasteiger partial charge in [-0.15, -0.1) is 0 Å². The van der Waals surface area contributed by atoms with E-state index in [0.29, 0.717) is 15.8 Å². The SMILES string of the molecule is Cc1ccc(C)c(Oc2nc(Cl)c(Cl)cc2Cl)c1. The third-order valence-electron chi connectivity index (χ3n) is 2.40. The van der Waals surface area contributed by atoms with Gasteiger partial charge in [0.2, 0.25) is 5.88 Å². The zero-order chi connectivity index (χ0) is 13.3. The smallest absolute Gasteiger partial charge is 0.239 e. The number of hydrogen-bond acceptors (Lipinski definition) is 2. The van der Waals surface area contributed by atoms with Gasteiger partial charge in [-0.1, -0.05) is 46.9 Å². The molecular weight excluding hydrogens is 293 g/mol. The summed E-state index contributed by atoms with van der Waals surface area (Å²) < 4.78 is 5.67. The number of ether oxygens (including phenoxy) is 1. The van der Waals surface area contributed by atoms with Crippen molar-refractivity contribution < 1.29 is 4.74 Å². The number of rotatable bonds is 2. The van der Waals surface area contributed by atoms with Crippen LogP contribution in [0, 0.1) is 13.8 Å². The molecule has 94 valence electrons. The summed E-state index contributed by atoms with van der Waals surface area (Å²) in [5, 5.41) is 0.793. The molecule has 0 aliphatic rings. The molecule has 0 unspecified atom stereocenters. The van der Waals surface area contributed by atoms with Crippen molar-refractivity contribution in [2.24, 2.45) is 0 Å². The van der Waals surface area contributed by atoms with Gasteiger partial charge in [0.1, 0.15) is 10.8 Å². The monoisotopic (exact) mass is 301 g/mol. The normalized spacial score (nSPS) is 10.5. The molecule has 1 aromatic carbocycles. The molecule has 0 spiro atoms. The number of aromatic nitrogens is 1. The van der Waals surface area contributed by atoms with Crippen LogP contribution in [0.2, 0.25) is 15.2 Å². The molecule has 0 fully saturated rings. The first-order chi connectivity index (χ1) is 8.47. The van der Waals surface area contributed by atoms with E-state index in [1.165, 1.54) is 6.07 Å². The average molecular weight is 303 g/mol. The highest BCUT2D eigenvalue weighted by Crippen LogP contribution is 2.34. The van der Waals surface area contributed by atoms with E-state index in [1.807, 2.05) is 32.0 Å². The van der Waals surface area contributed by atoms with Crippen molar-refractivity contribution in [1.29, 1.82) is 0 Å². The van der Waals surface area contributed by atoms with Gasteiger partial charge in [-0.2, -0.15) is 4.98 Å². The maximum absolute atomic E-state index is 6.01. The number of hydrogen-bond donors (Lipinski definition) is 0. The number of nitrogens with zero attached hydrogens (tertiary/aromatic N) is 1. The van der Waals surface area contributed by atoms with Crippen LogP contribution in [0.3, 0.4) is 0 Å². The Kier molecular flexibility index (Phi) is 4.00. The number of pyridine rings is 1. The van der Waals surface area contributed by atoms with Crippen molar-refractivity contribution in [3.8, 4) is 11.6 Å². The molecule has 0 N–H and O–H groups in total. The van der Waals surface area contributed by atoms with Gasteiger partial charge >= 0.3 is 0 Å². The molecule has 0 saturated heterocycles. The van der Waals surface area contributed by atoms with Crippen molar-refractivity contribution in [1.82, 2.24) is 4.98 Å². The fraction of sp³-hybridized carbons (Fsp3) is 0.154. The Labute approximate surface area is 120 Å². The second-order valence-electron chi connectivity index (χ2n) is 3.92. The van der Waals surface area contributed by atoms with Crippen molar-refractivity contribution >= 4 is 34.8 Å². The van der Waals surface area contributed by atoms with Crippen LogP contribution in [0.1, 0.15) is 11.1 Å². The molecule has 0 aliphatic heterocycles. The number of aryl methyl sites for hydroxylation is 2. The number of halogens is 3. The van der Waals surface area contributed by atoms with Gasteiger partial charge in [-0.05, 0) is 37.1 Å². The highest BCUT2D eigenvalue weighted by atomic mass is 35.5. The maximum atomic E-state index is 6.01. The van der Waals surface area contributed by atoms with Crippen LogP contribution in [0.25, 0.3) is 0 Å². The summed E-state index contributed by atoms with van der Waals surface area (Å²) in [5.74, 6) is 0.947. The minimum Gasteiger partial charge on any atom is -0.437 e. The van der Waals surface area contributed by atoms with Gasteiger partial charge in [0.15, 0.2) is 5.15 Å². The van der Waals surface area contributed by atoms with E-state index < -0.39 is 0 Å². The van der Waals surface area contributed by atoms with E-state index in [9.17, 15) is 0 Å². The Morgan fingerprint density at radius 3 is 2.44 bits per heavy atom. The number of benzene rings is 1. The standard InChI is InChI=1S/C13H10Cl3NO/c1-7-3-4-8(2)11(5-7)18-13-10(15)6-9(14)12(16)17-13/h3-6H,1-2H3. The first-order valence-corrected chi connectivity index (χ1v) is 6.37. The molecule has 0 saturated carbocycles. The second-order valence-corrected chi connectivity index (χ2v) is 5.09. The summed E-state index contributed by atoms with van der Waals surface area (Å²) in [4.78, 5) is 4.02. The fourth-order valence-corrected chi connectivity index (χ4v) is 1.95. The molecule has 0 bridgehead atoms. The molecule has 1 heterocycles. The predicted octanol–water partition coefficient (Wildman–Crippen LogP) is 5.45. The Balaban J connectivity index is 2.40. The van der Waals surface area contributed by atoms with E-state index in [4.69, 9.17) is 39.5 Å². The average Bonchev–Trinajstić information content (AvgIpc) is 2.30. The van der Waals surface area contributed by atoms with Gasteiger partial charge < -0.3 is 4.74 Å². The fourth-order valence-electron chi connectivity index (χ4n) is 1.42. The van der Waals surface area contributed by atoms with Gasteiger partial charge in [-0.3, -0.25) is 0 Å². The molecule has 1 aromatic heterocycles. The highest BCUT2D eigenvalue weighted by Gasteiger charge is 2.11. The summed E-state index contributed by atoms with van der Waals surface area (Å²) >= 11 is 17.7. The van der Waals surface area contributed by atoms with Gasteiger partial charge in [0.25, 0.3) is 0 Å². The van der Waals surface area contributed by atoms with E-state index in [2.05, 4.69) is 4.98 Å². The van der Waals surface area contributed by atoms with Gasteiger partial charge in [0.05, 0.1) is 5.02 Å². The first-order valence-electron chi connectivity index (χ1n) is 5.24. The first kappa shape index (κ1) is 13.5. The largest absolute Gasteiger partial charge is 0.437 e. The third-order valence-corrected chi connectivity index (χ3v) is 3.35. The summed E-state index contributed by atoms with van der Waals surface area (Å²) in [5.41, 5.74) is 2.08. The summed E-state index contributed by atoms with van der Waals surface area (Å²) in [7, 11) is 0. The minimum absolute atomic E-state index is 0.168. The Morgan fingerprint density at radius 1 is 1.00 bits per heavy atom. The second kappa shape index (κ2) is 5.35. The lowest BCUT2D eigenvalue weighted by Crippen LogP contribution is -1.93.